The number of alkyl halides is 3. The van der Waals surface area contributed by atoms with E-state index in [9.17, 15) is 18.0 Å². The number of carboxylic acid groups (broad SMARTS) is 1. The lowest BCUT2D eigenvalue weighted by molar-refractivity contribution is -0.192. The van der Waals surface area contributed by atoms with Crippen LogP contribution in [0.5, 0.6) is 5.75 Å². The van der Waals surface area contributed by atoms with Gasteiger partial charge in [0.1, 0.15) is 23.4 Å². The highest BCUT2D eigenvalue weighted by Gasteiger charge is 2.38. The largest absolute Gasteiger partial charge is 0.492 e. The lowest BCUT2D eigenvalue weighted by atomic mass is 9.94. The number of hydrogen-bond acceptors (Lipinski definition) is 7. The van der Waals surface area contributed by atoms with Gasteiger partial charge in [-0.15, -0.1) is 11.3 Å². The SMILES string of the molecule is N#Cc1cc(Cl)ccc1OCCC1CCN(C(=O)OCc2nccs2)CC1.O=C(O)C(F)(F)F. The van der Waals surface area contributed by atoms with E-state index in [2.05, 4.69) is 11.1 Å². The molecule has 1 saturated heterocycles. The number of carbonyl (C=O) groups excluding carboxylic acids is 1. The molecule has 34 heavy (non-hydrogen) atoms. The molecule has 1 aromatic carbocycles. The second-order valence-corrected chi connectivity index (χ2v) is 8.52. The molecule has 8 nitrogen and oxygen atoms in total. The molecule has 0 atom stereocenters. The zero-order chi connectivity index (χ0) is 25.1. The highest BCUT2D eigenvalue weighted by molar-refractivity contribution is 7.09. The highest BCUT2D eigenvalue weighted by atomic mass is 35.5. The Balaban J connectivity index is 0.000000509. The van der Waals surface area contributed by atoms with Crippen LogP contribution in [0.2, 0.25) is 5.02 Å². The number of nitrogens with zero attached hydrogens (tertiary/aromatic N) is 3. The summed E-state index contributed by atoms with van der Waals surface area (Å²) >= 11 is 7.36. The van der Waals surface area contributed by atoms with E-state index in [1.165, 1.54) is 11.3 Å². The lowest BCUT2D eigenvalue weighted by Gasteiger charge is -2.31. The molecule has 3 rings (SSSR count). The summed E-state index contributed by atoms with van der Waals surface area (Å²) in [7, 11) is 0. The van der Waals surface area contributed by atoms with Crippen molar-refractivity contribution in [3.8, 4) is 11.8 Å². The Labute approximate surface area is 202 Å². The molecule has 184 valence electrons. The quantitative estimate of drug-likeness (QED) is 0.563. The fourth-order valence-corrected chi connectivity index (χ4v) is 3.69. The van der Waals surface area contributed by atoms with Crippen LogP contribution in [0.4, 0.5) is 18.0 Å². The number of carbonyl (C=O) groups is 2. The number of halogens is 4. The normalized spacial score (nSPS) is 13.9. The molecular formula is C21H21ClF3N3O5S. The van der Waals surface area contributed by atoms with Crippen molar-refractivity contribution in [1.82, 2.24) is 9.88 Å². The molecule has 0 radical (unpaired) electrons. The Bertz CT molecular complexity index is 991. The maximum atomic E-state index is 12.1. The third-order valence-corrected chi connectivity index (χ3v) is 5.75. The molecule has 1 aliphatic rings. The first kappa shape index (κ1) is 27.2. The summed E-state index contributed by atoms with van der Waals surface area (Å²) in [6.07, 6.45) is -0.941. The molecule has 0 bridgehead atoms. The fourth-order valence-electron chi connectivity index (χ4n) is 2.99. The van der Waals surface area contributed by atoms with Gasteiger partial charge < -0.3 is 19.5 Å². The van der Waals surface area contributed by atoms with Gasteiger partial charge in [0.05, 0.1) is 12.2 Å². The number of likely N-dealkylation sites (tertiary alicyclic amines) is 1. The maximum absolute atomic E-state index is 12.1. The molecule has 1 N–H and O–H groups in total. The molecule has 0 aliphatic carbocycles. The number of rotatable bonds is 6. The first-order valence-electron chi connectivity index (χ1n) is 10.0. The number of amides is 1. The summed E-state index contributed by atoms with van der Waals surface area (Å²) in [5.41, 5.74) is 0.445. The number of nitriles is 1. The van der Waals surface area contributed by atoms with Crippen LogP contribution in [0.1, 0.15) is 29.8 Å². The minimum absolute atomic E-state index is 0.229. The summed E-state index contributed by atoms with van der Waals surface area (Å²) in [4.78, 5) is 26.9. The van der Waals surface area contributed by atoms with Gasteiger partial charge in [-0.25, -0.2) is 14.6 Å². The van der Waals surface area contributed by atoms with E-state index < -0.39 is 12.1 Å². The Morgan fingerprint density at radius 2 is 2.00 bits per heavy atom. The zero-order valence-corrected chi connectivity index (χ0v) is 19.3. The highest BCUT2D eigenvalue weighted by Crippen LogP contribution is 2.25. The molecule has 1 fully saturated rings. The van der Waals surface area contributed by atoms with E-state index in [-0.39, 0.29) is 12.7 Å². The number of aromatic nitrogens is 1. The van der Waals surface area contributed by atoms with Crippen LogP contribution < -0.4 is 4.74 Å². The van der Waals surface area contributed by atoms with Crippen molar-refractivity contribution in [2.45, 2.75) is 32.0 Å². The smallest absolute Gasteiger partial charge is 0.490 e. The number of carboxylic acids is 1. The minimum atomic E-state index is -5.08. The maximum Gasteiger partial charge on any atom is 0.490 e. The topological polar surface area (TPSA) is 113 Å². The number of piperidine rings is 1. The Morgan fingerprint density at radius 3 is 2.56 bits per heavy atom. The number of ether oxygens (including phenoxy) is 2. The van der Waals surface area contributed by atoms with E-state index in [0.717, 1.165) is 24.3 Å². The van der Waals surface area contributed by atoms with Crippen LogP contribution in [-0.2, 0) is 16.1 Å². The van der Waals surface area contributed by atoms with E-state index in [1.54, 1.807) is 29.3 Å². The van der Waals surface area contributed by atoms with Gasteiger partial charge >= 0.3 is 18.2 Å². The summed E-state index contributed by atoms with van der Waals surface area (Å²) in [5, 5.41) is 19.4. The van der Waals surface area contributed by atoms with Crippen molar-refractivity contribution >= 4 is 35.0 Å². The summed E-state index contributed by atoms with van der Waals surface area (Å²) in [6, 6.07) is 7.14. The number of thiazole rings is 1. The van der Waals surface area contributed by atoms with Crippen molar-refractivity contribution in [2.24, 2.45) is 5.92 Å². The average Bonchev–Trinajstić information content (AvgIpc) is 3.32. The van der Waals surface area contributed by atoms with Crippen LogP contribution in [-0.4, -0.2) is 52.9 Å². The molecular weight excluding hydrogens is 499 g/mol. The lowest BCUT2D eigenvalue weighted by Crippen LogP contribution is -2.39. The zero-order valence-electron chi connectivity index (χ0n) is 17.8. The summed E-state index contributed by atoms with van der Waals surface area (Å²) in [5.74, 6) is -1.71. The molecule has 13 heteroatoms. The van der Waals surface area contributed by atoms with Crippen molar-refractivity contribution in [3.63, 3.8) is 0 Å². The van der Waals surface area contributed by atoms with Gasteiger partial charge in [-0.2, -0.15) is 18.4 Å². The van der Waals surface area contributed by atoms with Crippen molar-refractivity contribution < 1.29 is 37.3 Å². The fraction of sp³-hybridized carbons (Fsp3) is 0.429. The van der Waals surface area contributed by atoms with Gasteiger partial charge in [0.15, 0.2) is 0 Å². The van der Waals surface area contributed by atoms with Gasteiger partial charge in [0.2, 0.25) is 0 Å². The van der Waals surface area contributed by atoms with Crippen LogP contribution in [0, 0.1) is 17.2 Å². The number of hydrogen-bond donors (Lipinski definition) is 1. The molecule has 2 heterocycles. The molecule has 1 aromatic heterocycles. The van der Waals surface area contributed by atoms with E-state index in [0.29, 0.717) is 41.9 Å². The predicted molar refractivity (Wildman–Crippen MR) is 117 cm³/mol. The monoisotopic (exact) mass is 519 g/mol. The van der Waals surface area contributed by atoms with E-state index in [4.69, 9.17) is 36.2 Å². The molecule has 0 saturated carbocycles. The van der Waals surface area contributed by atoms with Crippen molar-refractivity contribution in [1.29, 1.82) is 5.26 Å². The number of aliphatic carboxylic acids is 1. The Hall–Kier alpha value is -3.04. The number of benzene rings is 1. The van der Waals surface area contributed by atoms with Crippen molar-refractivity contribution in [3.05, 3.63) is 45.4 Å². The molecule has 1 aliphatic heterocycles. The Morgan fingerprint density at radius 1 is 1.32 bits per heavy atom. The third kappa shape index (κ3) is 9.07. The standard InChI is InChI=1S/C19H20ClN3O3S.C2HF3O2/c20-16-1-2-17(15(11-16)12-21)25-9-5-14-3-7-23(8-4-14)19(24)26-13-18-22-6-10-27-18;3-2(4,5)1(6)7/h1-2,6,10-11,14H,3-5,7-9,13H2;(H,6,7). The van der Waals surface area contributed by atoms with Gasteiger partial charge in [0.25, 0.3) is 0 Å². The van der Waals surface area contributed by atoms with Crippen LogP contribution in [0.25, 0.3) is 0 Å². The van der Waals surface area contributed by atoms with Gasteiger partial charge in [0, 0.05) is 29.7 Å². The second kappa shape index (κ2) is 13.0. The second-order valence-electron chi connectivity index (χ2n) is 7.10. The first-order valence-corrected chi connectivity index (χ1v) is 11.3. The molecule has 1 amide bonds. The molecule has 0 unspecified atom stereocenters. The van der Waals surface area contributed by atoms with Crippen molar-refractivity contribution in [2.75, 3.05) is 19.7 Å². The van der Waals surface area contributed by atoms with Crippen LogP contribution in [0.15, 0.2) is 29.8 Å². The first-order chi connectivity index (χ1) is 16.1. The van der Waals surface area contributed by atoms with Gasteiger partial charge in [-0.3, -0.25) is 0 Å². The minimum Gasteiger partial charge on any atom is -0.492 e. The summed E-state index contributed by atoms with van der Waals surface area (Å²) in [6.45, 7) is 2.14. The van der Waals surface area contributed by atoms with Gasteiger partial charge in [-0.1, -0.05) is 11.6 Å². The summed E-state index contributed by atoms with van der Waals surface area (Å²) < 4.78 is 42.8. The third-order valence-electron chi connectivity index (χ3n) is 4.76. The van der Waals surface area contributed by atoms with E-state index >= 15 is 0 Å². The predicted octanol–water partition coefficient (Wildman–Crippen LogP) is 5.12. The van der Waals surface area contributed by atoms with Crippen LogP contribution >= 0.6 is 22.9 Å². The molecule has 2 aromatic rings. The van der Waals surface area contributed by atoms with Crippen LogP contribution in [0.3, 0.4) is 0 Å². The van der Waals surface area contributed by atoms with E-state index in [1.807, 2.05) is 5.38 Å². The Kier molecular flexibility index (Phi) is 10.4. The van der Waals surface area contributed by atoms with Gasteiger partial charge in [-0.05, 0) is 43.4 Å². The average molecular weight is 520 g/mol. The molecule has 0 spiro atoms.